The van der Waals surface area contributed by atoms with E-state index in [0.717, 1.165) is 28.9 Å². The summed E-state index contributed by atoms with van der Waals surface area (Å²) in [5.74, 6) is 1.16. The normalized spacial score (nSPS) is 14.6. The third-order valence-corrected chi connectivity index (χ3v) is 3.33. The Morgan fingerprint density at radius 1 is 1.39 bits per heavy atom. The molecule has 0 fully saturated rings. The summed E-state index contributed by atoms with van der Waals surface area (Å²) in [6.45, 7) is 3.19. The van der Waals surface area contributed by atoms with Crippen molar-refractivity contribution in [1.82, 2.24) is 19.7 Å². The Hall–Kier alpha value is -1.95. The molecule has 0 amide bonds. The monoisotopic (exact) mass is 245 g/mol. The van der Waals surface area contributed by atoms with E-state index in [1.165, 1.54) is 0 Å². The van der Waals surface area contributed by atoms with Crippen molar-refractivity contribution >= 4 is 5.82 Å². The van der Waals surface area contributed by atoms with E-state index in [1.807, 2.05) is 14.0 Å². The van der Waals surface area contributed by atoms with Gasteiger partial charge < -0.3 is 10.5 Å². The summed E-state index contributed by atoms with van der Waals surface area (Å²) in [5, 5.41) is 4.21. The van der Waals surface area contributed by atoms with Gasteiger partial charge in [-0.2, -0.15) is 5.10 Å². The molecule has 0 saturated heterocycles. The van der Waals surface area contributed by atoms with Gasteiger partial charge in [0.1, 0.15) is 5.82 Å². The molecule has 0 saturated carbocycles. The smallest absolute Gasteiger partial charge is 0.165 e. The molecule has 2 N–H and O–H groups in total. The number of ether oxygens (including phenoxy) is 1. The minimum absolute atomic E-state index is 0.507. The van der Waals surface area contributed by atoms with Crippen molar-refractivity contribution in [1.29, 1.82) is 0 Å². The summed E-state index contributed by atoms with van der Waals surface area (Å²) in [6, 6.07) is 0. The first-order valence-electron chi connectivity index (χ1n) is 5.89. The average Bonchev–Trinajstić information content (AvgIpc) is 2.70. The lowest BCUT2D eigenvalue weighted by Crippen LogP contribution is -2.16. The van der Waals surface area contributed by atoms with E-state index in [4.69, 9.17) is 10.5 Å². The van der Waals surface area contributed by atoms with Gasteiger partial charge in [-0.05, 0) is 6.92 Å². The van der Waals surface area contributed by atoms with E-state index in [1.54, 1.807) is 10.9 Å². The van der Waals surface area contributed by atoms with E-state index in [2.05, 4.69) is 15.1 Å². The van der Waals surface area contributed by atoms with Gasteiger partial charge in [0.25, 0.3) is 0 Å². The number of nitrogen functional groups attached to an aromatic ring is 1. The lowest BCUT2D eigenvalue weighted by atomic mass is 10.1. The fourth-order valence-corrected chi connectivity index (χ4v) is 2.10. The van der Waals surface area contributed by atoms with Gasteiger partial charge in [-0.15, -0.1) is 0 Å². The van der Waals surface area contributed by atoms with E-state index in [0.29, 0.717) is 24.9 Å². The van der Waals surface area contributed by atoms with Gasteiger partial charge in [0, 0.05) is 24.7 Å². The number of hydrogen-bond donors (Lipinski definition) is 1. The fraction of sp³-hybridized carbons (Fsp3) is 0.417. The second kappa shape index (κ2) is 4.06. The van der Waals surface area contributed by atoms with Crippen molar-refractivity contribution < 1.29 is 4.74 Å². The first-order chi connectivity index (χ1) is 8.66. The zero-order chi connectivity index (χ0) is 12.7. The Morgan fingerprint density at radius 2 is 2.22 bits per heavy atom. The van der Waals surface area contributed by atoms with Crippen LogP contribution in [0.4, 0.5) is 5.82 Å². The molecule has 0 spiro atoms. The molecule has 0 aliphatic carbocycles. The van der Waals surface area contributed by atoms with E-state index >= 15 is 0 Å². The van der Waals surface area contributed by atoms with Gasteiger partial charge in [0.15, 0.2) is 5.82 Å². The number of aryl methyl sites for hydroxylation is 1. The minimum Gasteiger partial charge on any atom is -0.383 e. The standard InChI is InChI=1S/C12H15N5O/c1-7-8(5-14-17(7)2)12-15-10-3-4-18-6-9(10)11(13)16-12/h5H,3-4,6H2,1-2H3,(H2,13,15,16). The van der Waals surface area contributed by atoms with Crippen molar-refractivity contribution in [3.05, 3.63) is 23.1 Å². The third-order valence-electron chi connectivity index (χ3n) is 3.33. The SMILES string of the molecule is Cc1c(-c2nc(N)c3c(n2)CCOC3)cnn1C. The maximum atomic E-state index is 5.98. The molecule has 0 bridgehead atoms. The van der Waals surface area contributed by atoms with Crippen molar-refractivity contribution in [2.24, 2.45) is 7.05 Å². The molecule has 0 atom stereocenters. The first kappa shape index (κ1) is 11.2. The molecule has 3 heterocycles. The molecule has 1 aliphatic heterocycles. The number of fused-ring (bicyclic) bond motifs is 1. The lowest BCUT2D eigenvalue weighted by molar-refractivity contribution is 0.109. The summed E-state index contributed by atoms with van der Waals surface area (Å²) in [6.07, 6.45) is 2.56. The Labute approximate surface area is 105 Å². The summed E-state index contributed by atoms with van der Waals surface area (Å²) < 4.78 is 7.18. The van der Waals surface area contributed by atoms with Crippen LogP contribution < -0.4 is 5.73 Å². The quantitative estimate of drug-likeness (QED) is 0.805. The van der Waals surface area contributed by atoms with Crippen LogP contribution in [0.2, 0.25) is 0 Å². The lowest BCUT2D eigenvalue weighted by Gasteiger charge is -2.17. The van der Waals surface area contributed by atoms with Crippen LogP contribution in [0.5, 0.6) is 0 Å². The van der Waals surface area contributed by atoms with Gasteiger partial charge in [-0.25, -0.2) is 9.97 Å². The molecule has 0 unspecified atom stereocenters. The van der Waals surface area contributed by atoms with Crippen molar-refractivity contribution in [2.75, 3.05) is 12.3 Å². The summed E-state index contributed by atoms with van der Waals surface area (Å²) >= 11 is 0. The van der Waals surface area contributed by atoms with Gasteiger partial charge >= 0.3 is 0 Å². The number of anilines is 1. The molecule has 94 valence electrons. The van der Waals surface area contributed by atoms with Crippen LogP contribution in [0.1, 0.15) is 17.0 Å². The topological polar surface area (TPSA) is 78.8 Å². The molecule has 18 heavy (non-hydrogen) atoms. The van der Waals surface area contributed by atoms with Crippen molar-refractivity contribution in [3.63, 3.8) is 0 Å². The highest BCUT2D eigenvalue weighted by Gasteiger charge is 2.18. The number of nitrogens with zero attached hydrogens (tertiary/aromatic N) is 4. The van der Waals surface area contributed by atoms with Crippen LogP contribution in [0, 0.1) is 6.92 Å². The molecule has 2 aromatic rings. The molecule has 0 radical (unpaired) electrons. The van der Waals surface area contributed by atoms with Crippen LogP contribution in [-0.4, -0.2) is 26.4 Å². The van der Waals surface area contributed by atoms with Gasteiger partial charge in [-0.3, -0.25) is 4.68 Å². The highest BCUT2D eigenvalue weighted by Crippen LogP contribution is 2.25. The van der Waals surface area contributed by atoms with Crippen molar-refractivity contribution in [2.45, 2.75) is 20.0 Å². The predicted octanol–water partition coefficient (Wildman–Crippen LogP) is 0.840. The first-order valence-corrected chi connectivity index (χ1v) is 5.89. The van der Waals surface area contributed by atoms with Crippen LogP contribution in [0.25, 0.3) is 11.4 Å². The van der Waals surface area contributed by atoms with E-state index in [9.17, 15) is 0 Å². The largest absolute Gasteiger partial charge is 0.383 e. The molecule has 6 nitrogen and oxygen atoms in total. The van der Waals surface area contributed by atoms with Crippen LogP contribution in [-0.2, 0) is 24.8 Å². The molecule has 0 aromatic carbocycles. The highest BCUT2D eigenvalue weighted by atomic mass is 16.5. The zero-order valence-electron chi connectivity index (χ0n) is 10.5. The number of hydrogen-bond acceptors (Lipinski definition) is 5. The minimum atomic E-state index is 0.507. The highest BCUT2D eigenvalue weighted by molar-refractivity contribution is 5.60. The number of aromatic nitrogens is 4. The maximum absolute atomic E-state index is 5.98. The van der Waals surface area contributed by atoms with Crippen molar-refractivity contribution in [3.8, 4) is 11.4 Å². The average molecular weight is 245 g/mol. The predicted molar refractivity (Wildman–Crippen MR) is 66.7 cm³/mol. The van der Waals surface area contributed by atoms with Gasteiger partial charge in [0.2, 0.25) is 0 Å². The molecule has 2 aromatic heterocycles. The van der Waals surface area contributed by atoms with Gasteiger partial charge in [0.05, 0.1) is 30.7 Å². The van der Waals surface area contributed by atoms with Gasteiger partial charge in [-0.1, -0.05) is 0 Å². The second-order valence-electron chi connectivity index (χ2n) is 4.43. The molecular weight excluding hydrogens is 230 g/mol. The van der Waals surface area contributed by atoms with Crippen LogP contribution in [0.3, 0.4) is 0 Å². The Morgan fingerprint density at radius 3 is 2.94 bits per heavy atom. The molecule has 1 aliphatic rings. The Bertz CT molecular complexity index is 605. The number of nitrogens with two attached hydrogens (primary N) is 1. The molecule has 6 heteroatoms. The Balaban J connectivity index is 2.14. The summed E-state index contributed by atoms with van der Waals surface area (Å²) in [4.78, 5) is 8.96. The fourth-order valence-electron chi connectivity index (χ4n) is 2.10. The maximum Gasteiger partial charge on any atom is 0.165 e. The third kappa shape index (κ3) is 1.65. The van der Waals surface area contributed by atoms with Crippen LogP contribution >= 0.6 is 0 Å². The van der Waals surface area contributed by atoms with E-state index in [-0.39, 0.29) is 0 Å². The Kier molecular flexibility index (Phi) is 2.52. The summed E-state index contributed by atoms with van der Waals surface area (Å²) in [5.41, 5.74) is 9.85. The van der Waals surface area contributed by atoms with Crippen LogP contribution in [0.15, 0.2) is 6.20 Å². The molecule has 3 rings (SSSR count). The second-order valence-corrected chi connectivity index (χ2v) is 4.43. The molecular formula is C12H15N5O. The summed E-state index contributed by atoms with van der Waals surface area (Å²) in [7, 11) is 1.90. The number of rotatable bonds is 1. The zero-order valence-corrected chi connectivity index (χ0v) is 10.5. The van der Waals surface area contributed by atoms with E-state index < -0.39 is 0 Å².